The maximum absolute atomic E-state index is 12.4. The summed E-state index contributed by atoms with van der Waals surface area (Å²) >= 11 is 0. The molecular formula is C16H26N4O4S. The number of carbonyl (C=O) groups is 1. The largest absolute Gasteiger partial charge is 0.376 e. The lowest BCUT2D eigenvalue weighted by molar-refractivity contribution is -0.120. The molecule has 0 spiro atoms. The Morgan fingerprint density at radius 2 is 2.08 bits per heavy atom. The molecule has 8 nitrogen and oxygen atoms in total. The molecule has 0 aromatic carbocycles. The van der Waals surface area contributed by atoms with Crippen LogP contribution in [0.3, 0.4) is 0 Å². The Hall–Kier alpha value is -1.45. The lowest BCUT2D eigenvalue weighted by Crippen LogP contribution is -2.40. The van der Waals surface area contributed by atoms with Gasteiger partial charge in [0.05, 0.1) is 30.8 Å². The smallest absolute Gasteiger partial charge is 0.227 e. The molecule has 1 aromatic rings. The van der Waals surface area contributed by atoms with Crippen LogP contribution >= 0.6 is 0 Å². The average Bonchev–Trinajstić information content (AvgIpc) is 3.02. The number of nitrogens with zero attached hydrogens (tertiary/aromatic N) is 3. The highest BCUT2D eigenvalue weighted by atomic mass is 32.2. The van der Waals surface area contributed by atoms with Gasteiger partial charge in [0.15, 0.2) is 0 Å². The van der Waals surface area contributed by atoms with E-state index in [0.717, 1.165) is 19.4 Å². The van der Waals surface area contributed by atoms with E-state index in [1.165, 1.54) is 17.0 Å². The summed E-state index contributed by atoms with van der Waals surface area (Å²) in [5.41, 5.74) is 0.673. The number of nitrogens with one attached hydrogen (secondary N) is 1. The van der Waals surface area contributed by atoms with Gasteiger partial charge in [0.1, 0.15) is 0 Å². The maximum Gasteiger partial charge on any atom is 0.227 e. The van der Waals surface area contributed by atoms with Crippen LogP contribution in [0.2, 0.25) is 0 Å². The highest BCUT2D eigenvalue weighted by Gasteiger charge is 2.29. The van der Waals surface area contributed by atoms with E-state index in [1.807, 2.05) is 6.20 Å². The number of ether oxygens (including phenoxy) is 1. The number of rotatable bonds is 5. The molecule has 0 radical (unpaired) electrons. The average molecular weight is 370 g/mol. The van der Waals surface area contributed by atoms with Gasteiger partial charge >= 0.3 is 0 Å². The molecule has 2 aliphatic heterocycles. The summed E-state index contributed by atoms with van der Waals surface area (Å²) in [6.45, 7) is 2.30. The summed E-state index contributed by atoms with van der Waals surface area (Å²) < 4.78 is 32.0. The quantitative estimate of drug-likeness (QED) is 0.837. The minimum Gasteiger partial charge on any atom is -0.376 e. The molecular weight excluding hydrogens is 344 g/mol. The van der Waals surface area contributed by atoms with Crippen LogP contribution in [0.4, 0.5) is 5.69 Å². The number of piperidine rings is 1. The van der Waals surface area contributed by atoms with E-state index in [-0.39, 0.29) is 17.9 Å². The van der Waals surface area contributed by atoms with Crippen molar-refractivity contribution in [1.29, 1.82) is 0 Å². The number of amides is 1. The molecule has 0 aliphatic carbocycles. The number of aromatic nitrogens is 2. The number of hydrogen-bond acceptors (Lipinski definition) is 5. The summed E-state index contributed by atoms with van der Waals surface area (Å²) in [6, 6.07) is 0. The van der Waals surface area contributed by atoms with E-state index in [4.69, 9.17) is 4.74 Å². The van der Waals surface area contributed by atoms with Crippen LogP contribution in [0.25, 0.3) is 0 Å². The summed E-state index contributed by atoms with van der Waals surface area (Å²) in [4.78, 5) is 12.4. The number of anilines is 1. The highest BCUT2D eigenvalue weighted by Crippen LogP contribution is 2.21. The highest BCUT2D eigenvalue weighted by molar-refractivity contribution is 7.88. The minimum absolute atomic E-state index is 0.0679. The first kappa shape index (κ1) is 18.3. The van der Waals surface area contributed by atoms with Gasteiger partial charge < -0.3 is 10.1 Å². The van der Waals surface area contributed by atoms with Crippen molar-refractivity contribution in [2.24, 2.45) is 5.92 Å². The fourth-order valence-electron chi connectivity index (χ4n) is 3.38. The van der Waals surface area contributed by atoms with E-state index >= 15 is 0 Å². The van der Waals surface area contributed by atoms with E-state index in [0.29, 0.717) is 38.2 Å². The van der Waals surface area contributed by atoms with Crippen LogP contribution in [0.1, 0.15) is 32.1 Å². The second-order valence-corrected chi connectivity index (χ2v) is 8.85. The first-order valence-corrected chi connectivity index (χ1v) is 10.7. The second-order valence-electron chi connectivity index (χ2n) is 6.87. The zero-order valence-corrected chi connectivity index (χ0v) is 15.4. The molecule has 3 rings (SSSR count). The van der Waals surface area contributed by atoms with Crippen molar-refractivity contribution in [2.45, 2.75) is 44.8 Å². The van der Waals surface area contributed by atoms with E-state index in [9.17, 15) is 13.2 Å². The van der Waals surface area contributed by atoms with E-state index in [2.05, 4.69) is 10.4 Å². The van der Waals surface area contributed by atoms with Gasteiger partial charge in [-0.05, 0) is 32.1 Å². The predicted octanol–water partition coefficient (Wildman–Crippen LogP) is 1.06. The van der Waals surface area contributed by atoms with Gasteiger partial charge in [-0.1, -0.05) is 0 Å². The lowest BCUT2D eigenvalue weighted by Gasteiger charge is -2.29. The third-order valence-corrected chi connectivity index (χ3v) is 6.16. The lowest BCUT2D eigenvalue weighted by atomic mass is 9.97. The molecule has 2 aliphatic rings. The first-order chi connectivity index (χ1) is 11.9. The van der Waals surface area contributed by atoms with Crippen LogP contribution < -0.4 is 5.32 Å². The Kier molecular flexibility index (Phi) is 5.75. The topological polar surface area (TPSA) is 93.5 Å². The molecule has 3 heterocycles. The molecule has 140 valence electrons. The third kappa shape index (κ3) is 5.02. The van der Waals surface area contributed by atoms with Crippen LogP contribution in [-0.4, -0.2) is 60.5 Å². The zero-order chi connectivity index (χ0) is 17.9. The summed E-state index contributed by atoms with van der Waals surface area (Å²) in [5.74, 6) is -0.232. The molecule has 1 N–H and O–H groups in total. The van der Waals surface area contributed by atoms with Crippen molar-refractivity contribution in [3.8, 4) is 0 Å². The monoisotopic (exact) mass is 370 g/mol. The predicted molar refractivity (Wildman–Crippen MR) is 93.6 cm³/mol. The Bertz CT molecular complexity index is 689. The molecule has 2 fully saturated rings. The Labute approximate surface area is 148 Å². The van der Waals surface area contributed by atoms with Crippen molar-refractivity contribution in [2.75, 3.05) is 31.3 Å². The fourth-order valence-corrected chi connectivity index (χ4v) is 4.26. The van der Waals surface area contributed by atoms with Crippen molar-refractivity contribution in [3.05, 3.63) is 12.4 Å². The molecule has 1 atom stereocenters. The Balaban J connectivity index is 1.48. The number of carbonyl (C=O) groups excluding carboxylic acids is 1. The van der Waals surface area contributed by atoms with Crippen LogP contribution in [0.5, 0.6) is 0 Å². The SMILES string of the molecule is CS(=O)(=O)N1CCC(C(=O)Nc2cnn(C[C@H]3CCCCO3)c2)CC1. The summed E-state index contributed by atoms with van der Waals surface area (Å²) in [7, 11) is -3.17. The zero-order valence-electron chi connectivity index (χ0n) is 14.6. The van der Waals surface area contributed by atoms with Gasteiger partial charge in [0.25, 0.3) is 0 Å². The van der Waals surface area contributed by atoms with Crippen LogP contribution in [-0.2, 0) is 26.1 Å². The Morgan fingerprint density at radius 1 is 1.32 bits per heavy atom. The van der Waals surface area contributed by atoms with E-state index < -0.39 is 10.0 Å². The minimum atomic E-state index is -3.17. The maximum atomic E-state index is 12.4. The van der Waals surface area contributed by atoms with Crippen molar-refractivity contribution < 1.29 is 17.9 Å². The molecule has 1 amide bonds. The normalized spacial score (nSPS) is 23.5. The van der Waals surface area contributed by atoms with Crippen molar-refractivity contribution in [3.63, 3.8) is 0 Å². The Morgan fingerprint density at radius 3 is 2.72 bits per heavy atom. The van der Waals surface area contributed by atoms with Crippen molar-refractivity contribution >= 4 is 21.6 Å². The summed E-state index contributed by atoms with van der Waals surface area (Å²) in [5, 5.41) is 7.18. The second kappa shape index (κ2) is 7.84. The number of sulfonamides is 1. The summed E-state index contributed by atoms with van der Waals surface area (Å²) in [6.07, 6.45) is 9.30. The van der Waals surface area contributed by atoms with Crippen LogP contribution in [0.15, 0.2) is 12.4 Å². The molecule has 0 unspecified atom stereocenters. The van der Waals surface area contributed by atoms with Gasteiger partial charge in [0, 0.05) is 31.8 Å². The standard InChI is InChI=1S/C16H26N4O4S/c1-25(22,23)20-7-5-13(6-8-20)16(21)18-14-10-17-19(11-14)12-15-4-2-3-9-24-15/h10-11,13,15H,2-9,12H2,1H3,(H,18,21)/t15-/m1/s1. The molecule has 25 heavy (non-hydrogen) atoms. The van der Waals surface area contributed by atoms with Gasteiger partial charge in [-0.2, -0.15) is 5.10 Å². The third-order valence-electron chi connectivity index (χ3n) is 4.86. The molecule has 9 heteroatoms. The van der Waals surface area contributed by atoms with E-state index in [1.54, 1.807) is 10.9 Å². The van der Waals surface area contributed by atoms with Gasteiger partial charge in [-0.15, -0.1) is 0 Å². The fraction of sp³-hybridized carbons (Fsp3) is 0.750. The van der Waals surface area contributed by atoms with Crippen molar-refractivity contribution in [1.82, 2.24) is 14.1 Å². The van der Waals surface area contributed by atoms with Gasteiger partial charge in [-0.25, -0.2) is 12.7 Å². The first-order valence-electron chi connectivity index (χ1n) is 8.82. The number of hydrogen-bond donors (Lipinski definition) is 1. The molecule has 2 saturated heterocycles. The molecule has 1 aromatic heterocycles. The molecule has 0 saturated carbocycles. The van der Waals surface area contributed by atoms with Gasteiger partial charge in [-0.3, -0.25) is 9.48 Å². The molecule has 0 bridgehead atoms. The van der Waals surface area contributed by atoms with Gasteiger partial charge in [0.2, 0.25) is 15.9 Å². The van der Waals surface area contributed by atoms with Crippen LogP contribution in [0, 0.1) is 5.92 Å².